The molecule has 0 nitrogen and oxygen atoms in total. The van der Waals surface area contributed by atoms with E-state index in [1.165, 1.54) is 38.9 Å². The van der Waals surface area contributed by atoms with Crippen LogP contribution in [0.15, 0.2) is 103 Å². The van der Waals surface area contributed by atoms with E-state index in [1.54, 1.807) is 0 Å². The largest absolute Gasteiger partial charge is 0.0622 e. The molecule has 0 spiro atoms. The fourth-order valence-electron chi connectivity index (χ4n) is 4.48. The van der Waals surface area contributed by atoms with Gasteiger partial charge in [-0.3, -0.25) is 0 Å². The van der Waals surface area contributed by atoms with Crippen molar-refractivity contribution in [3.63, 3.8) is 0 Å². The van der Waals surface area contributed by atoms with Crippen LogP contribution >= 0.6 is 0 Å². The fraction of sp³-hybridized carbons (Fsp3) is 0.0769. The molecule has 0 heterocycles. The Bertz CT molecular complexity index is 1080. The number of rotatable bonds is 2. The average molecular weight is 332 g/mol. The van der Waals surface area contributed by atoms with Gasteiger partial charge in [-0.2, -0.15) is 0 Å². The number of hydrogen-bond donors (Lipinski definition) is 0. The van der Waals surface area contributed by atoms with Gasteiger partial charge in [0.15, 0.2) is 0 Å². The van der Waals surface area contributed by atoms with E-state index >= 15 is 0 Å². The third-order valence-electron chi connectivity index (χ3n) is 5.77. The van der Waals surface area contributed by atoms with E-state index in [4.69, 9.17) is 0 Å². The van der Waals surface area contributed by atoms with Crippen LogP contribution in [0, 0.1) is 0 Å². The molecular weight excluding hydrogens is 312 g/mol. The van der Waals surface area contributed by atoms with Gasteiger partial charge in [0.1, 0.15) is 0 Å². The molecule has 1 unspecified atom stereocenters. The van der Waals surface area contributed by atoms with Gasteiger partial charge in [0.2, 0.25) is 0 Å². The average Bonchev–Trinajstić information content (AvgIpc) is 3.00. The van der Waals surface area contributed by atoms with Gasteiger partial charge in [0.05, 0.1) is 0 Å². The van der Waals surface area contributed by atoms with Crippen molar-refractivity contribution in [3.05, 3.63) is 120 Å². The second-order valence-corrected chi connectivity index (χ2v) is 7.13. The van der Waals surface area contributed by atoms with Crippen LogP contribution in [0.2, 0.25) is 0 Å². The predicted octanol–water partition coefficient (Wildman–Crippen LogP) is 6.69. The van der Waals surface area contributed by atoms with Crippen molar-refractivity contribution in [2.75, 3.05) is 0 Å². The van der Waals surface area contributed by atoms with Crippen molar-refractivity contribution in [1.29, 1.82) is 0 Å². The summed E-state index contributed by atoms with van der Waals surface area (Å²) in [5.41, 5.74) is 9.32. The molecule has 1 aliphatic carbocycles. The summed E-state index contributed by atoms with van der Waals surface area (Å²) in [5.74, 6) is 0. The Labute approximate surface area is 154 Å². The van der Waals surface area contributed by atoms with Crippen LogP contribution in [0.1, 0.15) is 23.6 Å². The van der Waals surface area contributed by atoms with Gasteiger partial charge in [-0.05, 0) is 45.9 Å². The molecule has 0 radical (unpaired) electrons. The first-order valence-electron chi connectivity index (χ1n) is 9.14. The lowest BCUT2D eigenvalue weighted by Gasteiger charge is -2.28. The first-order valence-corrected chi connectivity index (χ1v) is 9.14. The molecule has 124 valence electrons. The summed E-state index contributed by atoms with van der Waals surface area (Å²) in [5, 5.41) is 0. The van der Waals surface area contributed by atoms with Crippen LogP contribution in [0.25, 0.3) is 22.3 Å². The summed E-state index contributed by atoms with van der Waals surface area (Å²) in [6.07, 6.45) is 0. The quantitative estimate of drug-likeness (QED) is 0.384. The van der Waals surface area contributed by atoms with Crippen LogP contribution < -0.4 is 0 Å². The predicted molar refractivity (Wildman–Crippen MR) is 109 cm³/mol. The highest BCUT2D eigenvalue weighted by Gasteiger charge is 2.41. The van der Waals surface area contributed by atoms with E-state index in [1.807, 2.05) is 0 Å². The summed E-state index contributed by atoms with van der Waals surface area (Å²) in [6, 6.07) is 37.2. The van der Waals surface area contributed by atoms with E-state index in [0.29, 0.717) is 0 Å². The third kappa shape index (κ3) is 2.02. The molecule has 0 saturated carbocycles. The topological polar surface area (TPSA) is 0 Å². The fourth-order valence-corrected chi connectivity index (χ4v) is 4.48. The SMILES string of the molecule is CC1(c2ccccc2)c2ccccc2-c2c(-c3ccccc3)cccc21. The minimum atomic E-state index is -0.127. The standard InChI is InChI=1S/C26H20/c1-26(20-13-6-3-7-14-20)23-17-9-8-15-22(23)25-21(16-10-18-24(25)26)19-11-4-2-5-12-19/h2-18H,1H3. The minimum Gasteiger partial charge on any atom is -0.0622 e. The Hall–Kier alpha value is -3.12. The Morgan fingerprint density at radius 2 is 1.08 bits per heavy atom. The molecule has 0 heteroatoms. The van der Waals surface area contributed by atoms with Crippen molar-refractivity contribution in [2.45, 2.75) is 12.3 Å². The molecule has 4 aromatic rings. The van der Waals surface area contributed by atoms with E-state index in [9.17, 15) is 0 Å². The smallest absolute Gasteiger partial charge is 0.0435 e. The monoisotopic (exact) mass is 332 g/mol. The summed E-state index contributed by atoms with van der Waals surface area (Å²) >= 11 is 0. The van der Waals surface area contributed by atoms with Crippen LogP contribution in [0.3, 0.4) is 0 Å². The van der Waals surface area contributed by atoms with E-state index < -0.39 is 0 Å². The lowest BCUT2D eigenvalue weighted by Crippen LogP contribution is -2.22. The summed E-state index contributed by atoms with van der Waals surface area (Å²) < 4.78 is 0. The minimum absolute atomic E-state index is 0.127. The van der Waals surface area contributed by atoms with Gasteiger partial charge in [-0.1, -0.05) is 103 Å². The zero-order valence-corrected chi connectivity index (χ0v) is 14.8. The summed E-state index contributed by atoms with van der Waals surface area (Å²) in [7, 11) is 0. The van der Waals surface area contributed by atoms with Crippen molar-refractivity contribution in [3.8, 4) is 22.3 Å². The molecule has 1 atom stereocenters. The molecule has 0 aromatic heterocycles. The zero-order chi connectivity index (χ0) is 17.6. The lowest BCUT2D eigenvalue weighted by atomic mass is 9.74. The van der Waals surface area contributed by atoms with Crippen molar-refractivity contribution >= 4 is 0 Å². The van der Waals surface area contributed by atoms with Crippen LogP contribution in [0.4, 0.5) is 0 Å². The number of hydrogen-bond acceptors (Lipinski definition) is 0. The Morgan fingerprint density at radius 1 is 0.500 bits per heavy atom. The van der Waals surface area contributed by atoms with Crippen molar-refractivity contribution in [1.82, 2.24) is 0 Å². The molecule has 0 aliphatic heterocycles. The highest BCUT2D eigenvalue weighted by atomic mass is 14.4. The normalized spacial score (nSPS) is 17.6. The third-order valence-corrected chi connectivity index (χ3v) is 5.77. The Kier molecular flexibility index (Phi) is 3.33. The first-order chi connectivity index (χ1) is 12.8. The van der Waals surface area contributed by atoms with Crippen LogP contribution in [-0.2, 0) is 5.41 Å². The highest BCUT2D eigenvalue weighted by molar-refractivity contribution is 5.93. The molecule has 0 amide bonds. The van der Waals surface area contributed by atoms with Gasteiger partial charge in [-0.25, -0.2) is 0 Å². The molecule has 1 aliphatic rings. The lowest BCUT2D eigenvalue weighted by molar-refractivity contribution is 0.714. The maximum absolute atomic E-state index is 2.36. The summed E-state index contributed by atoms with van der Waals surface area (Å²) in [4.78, 5) is 0. The summed E-state index contributed by atoms with van der Waals surface area (Å²) in [6.45, 7) is 2.36. The zero-order valence-electron chi connectivity index (χ0n) is 14.8. The van der Waals surface area contributed by atoms with E-state index in [-0.39, 0.29) is 5.41 Å². The van der Waals surface area contributed by atoms with Gasteiger partial charge in [-0.15, -0.1) is 0 Å². The molecular formula is C26H20. The van der Waals surface area contributed by atoms with Gasteiger partial charge >= 0.3 is 0 Å². The molecule has 5 rings (SSSR count). The second-order valence-electron chi connectivity index (χ2n) is 7.13. The number of benzene rings is 4. The number of fused-ring (bicyclic) bond motifs is 3. The van der Waals surface area contributed by atoms with Gasteiger partial charge < -0.3 is 0 Å². The molecule has 0 fully saturated rings. The van der Waals surface area contributed by atoms with Crippen LogP contribution in [0.5, 0.6) is 0 Å². The Balaban J connectivity index is 1.87. The van der Waals surface area contributed by atoms with Crippen molar-refractivity contribution in [2.24, 2.45) is 0 Å². The maximum Gasteiger partial charge on any atom is 0.0435 e. The van der Waals surface area contributed by atoms with Crippen LogP contribution in [-0.4, -0.2) is 0 Å². The molecule has 26 heavy (non-hydrogen) atoms. The first kappa shape index (κ1) is 15.2. The second kappa shape index (κ2) is 5.71. The molecule has 4 aromatic carbocycles. The maximum atomic E-state index is 2.36. The van der Waals surface area contributed by atoms with E-state index in [0.717, 1.165) is 0 Å². The molecule has 0 saturated heterocycles. The van der Waals surface area contributed by atoms with Crippen molar-refractivity contribution < 1.29 is 0 Å². The van der Waals surface area contributed by atoms with Gasteiger partial charge in [0.25, 0.3) is 0 Å². The Morgan fingerprint density at radius 3 is 1.85 bits per heavy atom. The molecule has 0 N–H and O–H groups in total. The molecule has 0 bridgehead atoms. The highest BCUT2D eigenvalue weighted by Crippen LogP contribution is 2.54. The van der Waals surface area contributed by atoms with E-state index in [2.05, 4.69) is 110 Å². The van der Waals surface area contributed by atoms with Gasteiger partial charge in [0, 0.05) is 5.41 Å².